The summed E-state index contributed by atoms with van der Waals surface area (Å²) < 4.78 is 10.6. The molecule has 1 aliphatic rings. The van der Waals surface area contributed by atoms with Gasteiger partial charge in [0.05, 0.1) is 25.7 Å². The van der Waals surface area contributed by atoms with Gasteiger partial charge < -0.3 is 19.5 Å². The lowest BCUT2D eigenvalue weighted by atomic mass is 10.2. The van der Waals surface area contributed by atoms with Crippen molar-refractivity contribution in [2.75, 3.05) is 19.8 Å². The summed E-state index contributed by atoms with van der Waals surface area (Å²) in [5, 5.41) is 8.51. The maximum absolute atomic E-state index is 12.0. The number of nitrogens with zero attached hydrogens (tertiary/aromatic N) is 1. The lowest BCUT2D eigenvalue weighted by Gasteiger charge is -2.28. The number of aliphatic carboxylic acids is 1. The number of carboxylic acids is 1. The van der Waals surface area contributed by atoms with Gasteiger partial charge in [-0.1, -0.05) is 0 Å². The second-order valence-corrected chi connectivity index (χ2v) is 5.69. The van der Waals surface area contributed by atoms with Crippen molar-refractivity contribution in [3.05, 3.63) is 0 Å². The van der Waals surface area contributed by atoms with E-state index in [1.165, 1.54) is 0 Å². The molecule has 0 radical (unpaired) electrons. The van der Waals surface area contributed by atoms with Gasteiger partial charge in [0.25, 0.3) is 0 Å². The number of carbonyl (C=O) groups excluding carboxylic acids is 1. The van der Waals surface area contributed by atoms with Gasteiger partial charge in [-0.05, 0) is 33.6 Å². The Labute approximate surface area is 113 Å². The van der Waals surface area contributed by atoms with Crippen molar-refractivity contribution < 1.29 is 24.2 Å². The van der Waals surface area contributed by atoms with E-state index in [-0.39, 0.29) is 25.2 Å². The molecule has 110 valence electrons. The highest BCUT2D eigenvalue weighted by Crippen LogP contribution is 2.21. The van der Waals surface area contributed by atoms with E-state index in [1.807, 2.05) is 20.8 Å². The lowest BCUT2D eigenvalue weighted by molar-refractivity contribution is -0.138. The molecule has 0 aromatic carbocycles. The van der Waals surface area contributed by atoms with Crippen molar-refractivity contribution in [2.45, 2.75) is 51.7 Å². The second-order valence-electron chi connectivity index (χ2n) is 5.69. The predicted octanol–water partition coefficient (Wildman–Crippen LogP) is 1.88. The van der Waals surface area contributed by atoms with E-state index in [2.05, 4.69) is 0 Å². The molecule has 1 fully saturated rings. The minimum absolute atomic E-state index is 0.0105. The van der Waals surface area contributed by atoms with Crippen molar-refractivity contribution in [1.29, 1.82) is 0 Å². The lowest BCUT2D eigenvalue weighted by Crippen LogP contribution is -2.41. The SMILES string of the molecule is CC(C)(C)OC(=O)N1CCCC1COCCC(=O)O. The van der Waals surface area contributed by atoms with Crippen LogP contribution in [0.5, 0.6) is 0 Å². The molecule has 0 spiro atoms. The Morgan fingerprint density at radius 2 is 2.05 bits per heavy atom. The number of ether oxygens (including phenoxy) is 2. The minimum Gasteiger partial charge on any atom is -0.481 e. The molecule has 0 aliphatic carbocycles. The summed E-state index contributed by atoms with van der Waals surface area (Å²) in [4.78, 5) is 24.0. The van der Waals surface area contributed by atoms with Crippen molar-refractivity contribution in [1.82, 2.24) is 4.90 Å². The number of hydrogen-bond acceptors (Lipinski definition) is 4. The number of carboxylic acid groups (broad SMARTS) is 1. The van der Waals surface area contributed by atoms with Gasteiger partial charge in [-0.25, -0.2) is 4.79 Å². The molecule has 0 aromatic heterocycles. The smallest absolute Gasteiger partial charge is 0.410 e. The predicted molar refractivity (Wildman–Crippen MR) is 69.0 cm³/mol. The number of amides is 1. The summed E-state index contributed by atoms with van der Waals surface area (Å²) >= 11 is 0. The van der Waals surface area contributed by atoms with Crippen LogP contribution in [0.2, 0.25) is 0 Å². The van der Waals surface area contributed by atoms with Gasteiger partial charge in [0, 0.05) is 6.54 Å². The maximum atomic E-state index is 12.0. The molecule has 19 heavy (non-hydrogen) atoms. The fourth-order valence-electron chi connectivity index (χ4n) is 1.95. The van der Waals surface area contributed by atoms with Crippen molar-refractivity contribution in [3.63, 3.8) is 0 Å². The van der Waals surface area contributed by atoms with Gasteiger partial charge in [-0.3, -0.25) is 4.79 Å². The van der Waals surface area contributed by atoms with E-state index < -0.39 is 11.6 Å². The van der Waals surface area contributed by atoms with Crippen LogP contribution in [0.1, 0.15) is 40.0 Å². The van der Waals surface area contributed by atoms with E-state index in [1.54, 1.807) is 4.90 Å². The second kappa shape index (κ2) is 6.75. The summed E-state index contributed by atoms with van der Waals surface area (Å²) in [5.41, 5.74) is -0.506. The van der Waals surface area contributed by atoms with Crippen LogP contribution in [-0.4, -0.2) is 53.5 Å². The third-order valence-electron chi connectivity index (χ3n) is 2.78. The van der Waals surface area contributed by atoms with E-state index in [0.717, 1.165) is 12.8 Å². The fourth-order valence-corrected chi connectivity index (χ4v) is 1.95. The summed E-state index contributed by atoms with van der Waals surface area (Å²) in [6, 6.07) is -0.0105. The number of likely N-dealkylation sites (tertiary alicyclic amines) is 1. The highest BCUT2D eigenvalue weighted by atomic mass is 16.6. The van der Waals surface area contributed by atoms with Gasteiger partial charge in [0.15, 0.2) is 0 Å². The maximum Gasteiger partial charge on any atom is 0.410 e. The Hall–Kier alpha value is -1.30. The van der Waals surface area contributed by atoms with Gasteiger partial charge >= 0.3 is 12.1 Å². The van der Waals surface area contributed by atoms with Gasteiger partial charge in [-0.15, -0.1) is 0 Å². The van der Waals surface area contributed by atoms with Crippen LogP contribution in [0.4, 0.5) is 4.79 Å². The van der Waals surface area contributed by atoms with E-state index in [0.29, 0.717) is 13.2 Å². The van der Waals surface area contributed by atoms with Crippen LogP contribution in [-0.2, 0) is 14.3 Å². The zero-order chi connectivity index (χ0) is 14.5. The molecule has 6 nitrogen and oxygen atoms in total. The highest BCUT2D eigenvalue weighted by molar-refractivity contribution is 5.69. The van der Waals surface area contributed by atoms with Gasteiger partial charge in [-0.2, -0.15) is 0 Å². The first kappa shape index (κ1) is 15.8. The first-order valence-electron chi connectivity index (χ1n) is 6.59. The molecule has 0 bridgehead atoms. The van der Waals surface area contributed by atoms with Gasteiger partial charge in [0.1, 0.15) is 5.60 Å². The molecular weight excluding hydrogens is 250 g/mol. The molecule has 0 saturated carbocycles. The Kier molecular flexibility index (Phi) is 5.60. The molecule has 1 atom stereocenters. The molecule has 1 saturated heterocycles. The van der Waals surface area contributed by atoms with Crippen LogP contribution >= 0.6 is 0 Å². The van der Waals surface area contributed by atoms with E-state index >= 15 is 0 Å². The topological polar surface area (TPSA) is 76.1 Å². The van der Waals surface area contributed by atoms with Crippen LogP contribution in [0.25, 0.3) is 0 Å². The summed E-state index contributed by atoms with van der Waals surface area (Å²) in [5.74, 6) is -0.879. The first-order chi connectivity index (χ1) is 8.79. The van der Waals surface area contributed by atoms with Crippen molar-refractivity contribution in [2.24, 2.45) is 0 Å². The largest absolute Gasteiger partial charge is 0.481 e. The monoisotopic (exact) mass is 273 g/mol. The molecule has 1 amide bonds. The summed E-state index contributed by atoms with van der Waals surface area (Å²) in [7, 11) is 0. The summed E-state index contributed by atoms with van der Waals surface area (Å²) in [6.07, 6.45) is 1.45. The molecule has 1 N–H and O–H groups in total. The molecule has 6 heteroatoms. The zero-order valence-corrected chi connectivity index (χ0v) is 11.8. The Bertz CT molecular complexity index is 323. The van der Waals surface area contributed by atoms with Gasteiger partial charge in [0.2, 0.25) is 0 Å². The molecule has 1 aliphatic heterocycles. The first-order valence-corrected chi connectivity index (χ1v) is 6.59. The number of rotatable bonds is 5. The minimum atomic E-state index is -0.879. The normalized spacial score (nSPS) is 19.5. The Balaban J connectivity index is 2.37. The average molecular weight is 273 g/mol. The van der Waals surface area contributed by atoms with E-state index in [4.69, 9.17) is 14.6 Å². The average Bonchev–Trinajstić information content (AvgIpc) is 2.69. The third-order valence-corrected chi connectivity index (χ3v) is 2.78. The van der Waals surface area contributed by atoms with Crippen LogP contribution in [0.15, 0.2) is 0 Å². The van der Waals surface area contributed by atoms with Crippen LogP contribution in [0, 0.1) is 0 Å². The van der Waals surface area contributed by atoms with Crippen LogP contribution in [0.3, 0.4) is 0 Å². The molecular formula is C13H23NO5. The summed E-state index contributed by atoms with van der Waals surface area (Å²) in [6.45, 7) is 6.71. The number of carbonyl (C=O) groups is 2. The quantitative estimate of drug-likeness (QED) is 0.774. The Morgan fingerprint density at radius 3 is 2.63 bits per heavy atom. The molecule has 1 unspecified atom stereocenters. The van der Waals surface area contributed by atoms with E-state index in [9.17, 15) is 9.59 Å². The zero-order valence-electron chi connectivity index (χ0n) is 11.8. The Morgan fingerprint density at radius 1 is 1.37 bits per heavy atom. The molecule has 1 heterocycles. The third kappa shape index (κ3) is 5.92. The molecule has 0 aromatic rings. The molecule has 1 rings (SSSR count). The standard InChI is InChI=1S/C13H23NO5/c1-13(2,3)19-12(17)14-7-4-5-10(14)9-18-8-6-11(15)16/h10H,4-9H2,1-3H3,(H,15,16). The van der Waals surface area contributed by atoms with Crippen molar-refractivity contribution in [3.8, 4) is 0 Å². The van der Waals surface area contributed by atoms with Crippen molar-refractivity contribution >= 4 is 12.1 Å². The fraction of sp³-hybridized carbons (Fsp3) is 0.846. The van der Waals surface area contributed by atoms with Crippen LogP contribution < -0.4 is 0 Å². The highest BCUT2D eigenvalue weighted by Gasteiger charge is 2.32. The number of hydrogen-bond donors (Lipinski definition) is 1.